The van der Waals surface area contributed by atoms with Crippen LogP contribution in [0.1, 0.15) is 25.0 Å². The van der Waals surface area contributed by atoms with Gasteiger partial charge >= 0.3 is 0 Å². The number of carbonyl (C=O) groups is 2. The fraction of sp³-hybridized carbons (Fsp3) is 0.333. The Labute approximate surface area is 181 Å². The summed E-state index contributed by atoms with van der Waals surface area (Å²) in [5.74, 6) is -0.462. The minimum Gasteiger partial charge on any atom is -0.372 e. The number of rotatable bonds is 5. The lowest BCUT2D eigenvalue weighted by Crippen LogP contribution is -2.47. The highest BCUT2D eigenvalue weighted by atomic mass is 35.5. The van der Waals surface area contributed by atoms with Gasteiger partial charge in [0.2, 0.25) is 0 Å². The van der Waals surface area contributed by atoms with E-state index in [1.54, 1.807) is 0 Å². The van der Waals surface area contributed by atoms with E-state index in [0.29, 0.717) is 42.3 Å². The Bertz CT molecular complexity index is 962. The molecule has 2 aliphatic heterocycles. The Hall–Kier alpha value is -2.63. The molecular formula is C24H25ClN2O3. The van der Waals surface area contributed by atoms with Gasteiger partial charge in [0.15, 0.2) is 0 Å². The zero-order chi connectivity index (χ0) is 21.3. The predicted octanol–water partition coefficient (Wildman–Crippen LogP) is 3.77. The van der Waals surface area contributed by atoms with E-state index < -0.39 is 0 Å². The van der Waals surface area contributed by atoms with Crippen molar-refractivity contribution in [3.05, 3.63) is 76.4 Å². The number of hydrogen-bond donors (Lipinski definition) is 0. The first-order valence-corrected chi connectivity index (χ1v) is 10.6. The molecule has 2 aliphatic rings. The van der Waals surface area contributed by atoms with Gasteiger partial charge in [0.1, 0.15) is 5.70 Å². The topological polar surface area (TPSA) is 49.9 Å². The number of morpholine rings is 1. The van der Waals surface area contributed by atoms with E-state index in [2.05, 4.69) is 0 Å². The van der Waals surface area contributed by atoms with Gasteiger partial charge in [-0.15, -0.1) is 0 Å². The predicted molar refractivity (Wildman–Crippen MR) is 117 cm³/mol. The normalized spacial score (nSPS) is 22.2. The molecule has 2 heterocycles. The fourth-order valence-corrected chi connectivity index (χ4v) is 4.30. The number of halogens is 1. The van der Waals surface area contributed by atoms with Crippen LogP contribution in [0.4, 0.5) is 0 Å². The summed E-state index contributed by atoms with van der Waals surface area (Å²) in [5, 5.41) is 0.665. The molecule has 0 saturated carbocycles. The number of amides is 2. The quantitative estimate of drug-likeness (QED) is 0.685. The lowest BCUT2D eigenvalue weighted by atomic mass is 10.0. The minimum atomic E-state index is -0.234. The van der Waals surface area contributed by atoms with E-state index in [1.807, 2.05) is 73.3 Å². The maximum Gasteiger partial charge on any atom is 0.277 e. The van der Waals surface area contributed by atoms with Crippen molar-refractivity contribution < 1.29 is 14.3 Å². The molecule has 1 saturated heterocycles. The van der Waals surface area contributed by atoms with Crippen molar-refractivity contribution in [1.29, 1.82) is 0 Å². The van der Waals surface area contributed by atoms with Gasteiger partial charge in [0, 0.05) is 24.7 Å². The van der Waals surface area contributed by atoms with Crippen LogP contribution in [0.5, 0.6) is 0 Å². The van der Waals surface area contributed by atoms with E-state index in [1.165, 1.54) is 4.90 Å². The number of nitrogens with zero attached hydrogens (tertiary/aromatic N) is 2. The minimum absolute atomic E-state index is 0.00991. The number of benzene rings is 2. The van der Waals surface area contributed by atoms with Gasteiger partial charge in [0.05, 0.1) is 17.8 Å². The van der Waals surface area contributed by atoms with Crippen molar-refractivity contribution in [2.45, 2.75) is 32.5 Å². The van der Waals surface area contributed by atoms with E-state index in [4.69, 9.17) is 16.3 Å². The molecule has 0 aromatic heterocycles. The third kappa shape index (κ3) is 4.13. The summed E-state index contributed by atoms with van der Waals surface area (Å²) in [5.41, 5.74) is 2.78. The van der Waals surface area contributed by atoms with Crippen molar-refractivity contribution >= 4 is 29.0 Å². The van der Waals surface area contributed by atoms with Crippen LogP contribution in [0.2, 0.25) is 5.02 Å². The van der Waals surface area contributed by atoms with E-state index in [9.17, 15) is 9.59 Å². The van der Waals surface area contributed by atoms with Crippen LogP contribution in [-0.4, -0.2) is 53.5 Å². The molecule has 0 radical (unpaired) electrons. The average molecular weight is 425 g/mol. The first kappa shape index (κ1) is 20.6. The van der Waals surface area contributed by atoms with Crippen LogP contribution in [0.25, 0.3) is 5.57 Å². The van der Waals surface area contributed by atoms with Crippen molar-refractivity contribution in [2.24, 2.45) is 0 Å². The lowest BCUT2D eigenvalue weighted by Gasteiger charge is -2.37. The molecule has 2 atom stereocenters. The summed E-state index contributed by atoms with van der Waals surface area (Å²) >= 11 is 5.96. The van der Waals surface area contributed by atoms with Crippen LogP contribution in [0.15, 0.2) is 60.3 Å². The molecule has 6 heteroatoms. The largest absolute Gasteiger partial charge is 0.372 e. The van der Waals surface area contributed by atoms with Crippen LogP contribution >= 0.6 is 11.6 Å². The summed E-state index contributed by atoms with van der Waals surface area (Å²) in [6.45, 7) is 5.48. The summed E-state index contributed by atoms with van der Waals surface area (Å²) in [7, 11) is 0. The van der Waals surface area contributed by atoms with Crippen LogP contribution in [-0.2, 0) is 20.7 Å². The van der Waals surface area contributed by atoms with Gasteiger partial charge in [-0.2, -0.15) is 0 Å². The summed E-state index contributed by atoms with van der Waals surface area (Å²) in [6.07, 6.45) is 0.563. The molecular weight excluding hydrogens is 400 g/mol. The number of imide groups is 1. The zero-order valence-electron chi connectivity index (χ0n) is 17.2. The molecule has 0 spiro atoms. The maximum atomic E-state index is 13.4. The molecule has 0 N–H and O–H groups in total. The number of carbonyl (C=O) groups excluding carboxylic acids is 2. The van der Waals surface area contributed by atoms with Gasteiger partial charge in [-0.25, -0.2) is 0 Å². The van der Waals surface area contributed by atoms with E-state index in [0.717, 1.165) is 11.1 Å². The second-order valence-electron chi connectivity index (χ2n) is 7.89. The monoisotopic (exact) mass is 424 g/mol. The van der Waals surface area contributed by atoms with Crippen LogP contribution < -0.4 is 0 Å². The van der Waals surface area contributed by atoms with E-state index >= 15 is 0 Å². The smallest absolute Gasteiger partial charge is 0.277 e. The van der Waals surface area contributed by atoms with Gasteiger partial charge in [-0.3, -0.25) is 14.5 Å². The van der Waals surface area contributed by atoms with Gasteiger partial charge in [-0.1, -0.05) is 54.1 Å². The maximum absolute atomic E-state index is 13.4. The third-order valence-electron chi connectivity index (χ3n) is 5.48. The Morgan fingerprint density at radius 1 is 0.933 bits per heavy atom. The SMILES string of the molecule is CC1CN(C2=C(c3ccccc3)C(=O)N(CCc3ccc(Cl)cc3)C2=O)CC(C)O1. The Kier molecular flexibility index (Phi) is 5.93. The Balaban J connectivity index is 1.64. The summed E-state index contributed by atoms with van der Waals surface area (Å²) < 4.78 is 5.84. The Morgan fingerprint density at radius 3 is 2.20 bits per heavy atom. The van der Waals surface area contributed by atoms with Crippen molar-refractivity contribution in [1.82, 2.24) is 9.80 Å². The number of hydrogen-bond acceptors (Lipinski definition) is 4. The molecule has 0 aliphatic carbocycles. The molecule has 156 valence electrons. The molecule has 2 aromatic rings. The summed E-state index contributed by atoms with van der Waals surface area (Å²) in [6, 6.07) is 16.9. The summed E-state index contributed by atoms with van der Waals surface area (Å²) in [4.78, 5) is 30.2. The Morgan fingerprint density at radius 2 is 1.57 bits per heavy atom. The molecule has 0 bridgehead atoms. The highest BCUT2D eigenvalue weighted by Gasteiger charge is 2.42. The average Bonchev–Trinajstić information content (AvgIpc) is 2.97. The van der Waals surface area contributed by atoms with Crippen LogP contribution in [0, 0.1) is 0 Å². The van der Waals surface area contributed by atoms with Crippen molar-refractivity contribution in [3.63, 3.8) is 0 Å². The molecule has 2 amide bonds. The highest BCUT2D eigenvalue weighted by Crippen LogP contribution is 2.33. The molecule has 2 aromatic carbocycles. The molecule has 5 nitrogen and oxygen atoms in total. The van der Waals surface area contributed by atoms with Crippen molar-refractivity contribution in [2.75, 3.05) is 19.6 Å². The van der Waals surface area contributed by atoms with Gasteiger partial charge in [-0.05, 0) is 43.5 Å². The molecule has 30 heavy (non-hydrogen) atoms. The first-order valence-electron chi connectivity index (χ1n) is 10.2. The van der Waals surface area contributed by atoms with Crippen LogP contribution in [0.3, 0.4) is 0 Å². The van der Waals surface area contributed by atoms with E-state index in [-0.39, 0.29) is 24.0 Å². The van der Waals surface area contributed by atoms with Gasteiger partial charge in [0.25, 0.3) is 11.8 Å². The fourth-order valence-electron chi connectivity index (χ4n) is 4.18. The first-order chi connectivity index (χ1) is 14.4. The number of ether oxygens (including phenoxy) is 1. The third-order valence-corrected chi connectivity index (χ3v) is 5.73. The van der Waals surface area contributed by atoms with Gasteiger partial charge < -0.3 is 9.64 Å². The highest BCUT2D eigenvalue weighted by molar-refractivity contribution is 6.35. The second kappa shape index (κ2) is 8.62. The standard InChI is InChI=1S/C24H25ClN2O3/c1-16-14-26(15-17(2)30-16)22-21(19-6-4-3-5-7-19)23(28)27(24(22)29)13-12-18-8-10-20(25)11-9-18/h3-11,16-17H,12-15H2,1-2H3. The lowest BCUT2D eigenvalue weighted by molar-refractivity contribution is -0.138. The van der Waals surface area contributed by atoms with Crippen molar-refractivity contribution in [3.8, 4) is 0 Å². The molecule has 1 fully saturated rings. The molecule has 2 unspecified atom stereocenters. The second-order valence-corrected chi connectivity index (χ2v) is 8.33. The zero-order valence-corrected chi connectivity index (χ0v) is 17.9. The molecule has 4 rings (SSSR count).